The van der Waals surface area contributed by atoms with Crippen LogP contribution in [0.2, 0.25) is 0 Å². The monoisotopic (exact) mass is 287 g/mol. The second-order valence-corrected chi connectivity index (χ2v) is 5.62. The topological polar surface area (TPSA) is 30.1 Å². The first-order valence-electron chi connectivity index (χ1n) is 7.52. The third kappa shape index (κ3) is 3.39. The van der Waals surface area contributed by atoms with E-state index in [0.717, 1.165) is 50.0 Å². The van der Waals surface area contributed by atoms with E-state index < -0.39 is 0 Å². The van der Waals surface area contributed by atoms with Gasteiger partial charge in [-0.25, -0.2) is 0 Å². The molecule has 0 bridgehead atoms. The average molecular weight is 287 g/mol. The van der Waals surface area contributed by atoms with Gasteiger partial charge < -0.3 is 19.0 Å². The van der Waals surface area contributed by atoms with E-state index in [4.69, 9.17) is 9.15 Å². The van der Waals surface area contributed by atoms with Gasteiger partial charge in [-0.3, -0.25) is 0 Å². The van der Waals surface area contributed by atoms with Crippen LogP contribution >= 0.6 is 0 Å². The Balaban J connectivity index is 1.54. The van der Waals surface area contributed by atoms with Gasteiger partial charge in [-0.2, -0.15) is 0 Å². The number of methoxy groups -OCH3 is 1. The number of hydrogen-bond donors (Lipinski definition) is 1. The molecule has 0 unspecified atom stereocenters. The van der Waals surface area contributed by atoms with Crippen molar-refractivity contribution in [2.75, 3.05) is 38.2 Å². The fraction of sp³-hybridized carbons (Fsp3) is 0.412. The Morgan fingerprint density at radius 3 is 2.38 bits per heavy atom. The Morgan fingerprint density at radius 2 is 1.81 bits per heavy atom. The maximum atomic E-state index is 5.67. The highest BCUT2D eigenvalue weighted by molar-refractivity contribution is 5.49. The zero-order valence-corrected chi connectivity index (χ0v) is 12.8. The van der Waals surface area contributed by atoms with Gasteiger partial charge in [0, 0.05) is 5.69 Å². The second-order valence-electron chi connectivity index (χ2n) is 5.62. The number of anilines is 1. The second kappa shape index (κ2) is 6.22. The summed E-state index contributed by atoms with van der Waals surface area (Å²) in [6.07, 6.45) is 0. The molecule has 0 atom stereocenters. The van der Waals surface area contributed by atoms with Crippen molar-refractivity contribution < 1.29 is 14.1 Å². The predicted octanol–water partition coefficient (Wildman–Crippen LogP) is 1.50. The number of benzene rings is 1. The van der Waals surface area contributed by atoms with Gasteiger partial charge in [0.05, 0.1) is 33.3 Å². The third-order valence-electron chi connectivity index (χ3n) is 4.13. The van der Waals surface area contributed by atoms with Crippen molar-refractivity contribution in [1.29, 1.82) is 0 Å². The molecule has 2 aromatic rings. The molecule has 1 aliphatic heterocycles. The van der Waals surface area contributed by atoms with Crippen molar-refractivity contribution >= 4 is 5.69 Å². The molecule has 112 valence electrons. The Labute approximate surface area is 125 Å². The molecule has 1 aromatic carbocycles. The zero-order valence-electron chi connectivity index (χ0n) is 12.8. The molecule has 4 nitrogen and oxygen atoms in total. The van der Waals surface area contributed by atoms with E-state index in [1.165, 1.54) is 5.69 Å². The number of furan rings is 1. The summed E-state index contributed by atoms with van der Waals surface area (Å²) in [5, 5.41) is 0. The number of nitrogens with zero attached hydrogens (tertiary/aromatic N) is 1. The molecular weight excluding hydrogens is 264 g/mol. The number of quaternary nitrogens is 1. The molecule has 1 aliphatic rings. The van der Waals surface area contributed by atoms with Crippen LogP contribution in [0.1, 0.15) is 11.5 Å². The van der Waals surface area contributed by atoms with Crippen LogP contribution in [-0.4, -0.2) is 33.3 Å². The summed E-state index contributed by atoms with van der Waals surface area (Å²) in [5.41, 5.74) is 1.28. The van der Waals surface area contributed by atoms with Gasteiger partial charge in [-0.05, 0) is 43.3 Å². The van der Waals surface area contributed by atoms with Crippen molar-refractivity contribution in [1.82, 2.24) is 0 Å². The molecule has 2 heterocycles. The van der Waals surface area contributed by atoms with E-state index in [2.05, 4.69) is 23.1 Å². The minimum absolute atomic E-state index is 0.913. The van der Waals surface area contributed by atoms with Gasteiger partial charge in [0.1, 0.15) is 18.1 Å². The molecule has 0 aliphatic carbocycles. The highest BCUT2D eigenvalue weighted by Crippen LogP contribution is 2.19. The maximum Gasteiger partial charge on any atom is 0.158 e. The molecule has 0 radical (unpaired) electrons. The summed E-state index contributed by atoms with van der Waals surface area (Å²) in [5.74, 6) is 3.01. The van der Waals surface area contributed by atoms with Gasteiger partial charge in [-0.1, -0.05) is 0 Å². The van der Waals surface area contributed by atoms with Gasteiger partial charge in [0.15, 0.2) is 5.76 Å². The lowest BCUT2D eigenvalue weighted by atomic mass is 10.2. The minimum Gasteiger partial charge on any atom is -0.497 e. The van der Waals surface area contributed by atoms with Crippen LogP contribution in [0.25, 0.3) is 0 Å². The van der Waals surface area contributed by atoms with Crippen LogP contribution in [0.15, 0.2) is 40.8 Å². The van der Waals surface area contributed by atoms with Crippen molar-refractivity contribution in [2.24, 2.45) is 0 Å². The van der Waals surface area contributed by atoms with Crippen molar-refractivity contribution in [3.8, 4) is 5.75 Å². The average Bonchev–Trinajstić information content (AvgIpc) is 2.93. The normalized spacial score (nSPS) is 16.2. The van der Waals surface area contributed by atoms with E-state index in [9.17, 15) is 0 Å². The predicted molar refractivity (Wildman–Crippen MR) is 83.1 cm³/mol. The molecule has 1 aromatic heterocycles. The van der Waals surface area contributed by atoms with E-state index in [-0.39, 0.29) is 0 Å². The summed E-state index contributed by atoms with van der Waals surface area (Å²) < 4.78 is 10.9. The Morgan fingerprint density at radius 1 is 1.10 bits per heavy atom. The van der Waals surface area contributed by atoms with E-state index in [1.54, 1.807) is 12.0 Å². The van der Waals surface area contributed by atoms with Gasteiger partial charge in [0.25, 0.3) is 0 Å². The zero-order chi connectivity index (χ0) is 14.7. The molecular formula is C17H23N2O2+. The lowest BCUT2D eigenvalue weighted by Crippen LogP contribution is -3.13. The SMILES string of the molecule is COc1ccc(N2CC[NH+](Cc3ccc(C)o3)CC2)cc1. The van der Waals surface area contributed by atoms with Gasteiger partial charge >= 0.3 is 0 Å². The lowest BCUT2D eigenvalue weighted by molar-refractivity contribution is -0.915. The molecule has 0 spiro atoms. The van der Waals surface area contributed by atoms with Crippen LogP contribution in [0.4, 0.5) is 5.69 Å². The molecule has 0 amide bonds. The van der Waals surface area contributed by atoms with E-state index in [1.807, 2.05) is 25.1 Å². The molecule has 1 N–H and O–H groups in total. The van der Waals surface area contributed by atoms with Crippen LogP contribution in [0, 0.1) is 6.92 Å². The fourth-order valence-corrected chi connectivity index (χ4v) is 2.88. The summed E-state index contributed by atoms with van der Waals surface area (Å²) in [6, 6.07) is 12.5. The highest BCUT2D eigenvalue weighted by Gasteiger charge is 2.21. The molecule has 21 heavy (non-hydrogen) atoms. The molecule has 4 heteroatoms. The molecule has 1 fully saturated rings. The first-order chi connectivity index (χ1) is 10.2. The standard InChI is InChI=1S/C17H22N2O2/c1-14-3-6-17(21-14)13-18-9-11-19(12-10-18)15-4-7-16(20-2)8-5-15/h3-8H,9-13H2,1-2H3/p+1. The Kier molecular flexibility index (Phi) is 4.15. The van der Waals surface area contributed by atoms with Crippen LogP contribution in [-0.2, 0) is 6.54 Å². The number of ether oxygens (including phenoxy) is 1. The number of aryl methyl sites for hydroxylation is 1. The van der Waals surface area contributed by atoms with Crippen LogP contribution < -0.4 is 14.5 Å². The van der Waals surface area contributed by atoms with Crippen LogP contribution in [0.3, 0.4) is 0 Å². The summed E-state index contributed by atoms with van der Waals surface area (Å²) in [6.45, 7) is 7.45. The lowest BCUT2D eigenvalue weighted by Gasteiger charge is -2.33. The Hall–Kier alpha value is -1.94. The maximum absolute atomic E-state index is 5.67. The molecule has 3 rings (SSSR count). The van der Waals surface area contributed by atoms with Crippen molar-refractivity contribution in [2.45, 2.75) is 13.5 Å². The molecule has 1 saturated heterocycles. The van der Waals surface area contributed by atoms with Crippen molar-refractivity contribution in [3.63, 3.8) is 0 Å². The summed E-state index contributed by atoms with van der Waals surface area (Å²) in [7, 11) is 1.70. The third-order valence-corrected chi connectivity index (χ3v) is 4.13. The number of nitrogens with one attached hydrogen (secondary N) is 1. The quantitative estimate of drug-likeness (QED) is 0.924. The number of rotatable bonds is 4. The smallest absolute Gasteiger partial charge is 0.158 e. The largest absolute Gasteiger partial charge is 0.497 e. The molecule has 0 saturated carbocycles. The summed E-state index contributed by atoms with van der Waals surface area (Å²) in [4.78, 5) is 4.03. The first-order valence-corrected chi connectivity index (χ1v) is 7.52. The number of piperazine rings is 1. The summed E-state index contributed by atoms with van der Waals surface area (Å²) >= 11 is 0. The van der Waals surface area contributed by atoms with Gasteiger partial charge in [0.2, 0.25) is 0 Å². The minimum atomic E-state index is 0.913. The number of hydrogen-bond acceptors (Lipinski definition) is 3. The van der Waals surface area contributed by atoms with E-state index >= 15 is 0 Å². The van der Waals surface area contributed by atoms with Gasteiger partial charge in [-0.15, -0.1) is 0 Å². The first kappa shape index (κ1) is 14.0. The highest BCUT2D eigenvalue weighted by atomic mass is 16.5. The van der Waals surface area contributed by atoms with Crippen molar-refractivity contribution in [3.05, 3.63) is 47.9 Å². The van der Waals surface area contributed by atoms with Crippen LogP contribution in [0.5, 0.6) is 5.75 Å². The Bertz CT molecular complexity index is 569. The fourth-order valence-electron chi connectivity index (χ4n) is 2.88. The van der Waals surface area contributed by atoms with E-state index in [0.29, 0.717) is 0 Å².